The van der Waals surface area contributed by atoms with Crippen LogP contribution >= 0.6 is 12.4 Å². The minimum Gasteiger partial charge on any atom is -0.493 e. The van der Waals surface area contributed by atoms with Crippen molar-refractivity contribution < 1.29 is 27.8 Å². The Bertz CT molecular complexity index is 569. The van der Waals surface area contributed by atoms with Crippen LogP contribution in [-0.4, -0.2) is 44.9 Å². The molecule has 0 spiro atoms. The molecule has 0 unspecified atom stereocenters. The Morgan fingerprint density at radius 1 is 1.36 bits per heavy atom. The van der Waals surface area contributed by atoms with E-state index >= 15 is 0 Å². The van der Waals surface area contributed by atoms with Gasteiger partial charge in [0.1, 0.15) is 0 Å². The smallest absolute Gasteiger partial charge is 0.387 e. The molecular weight excluding hydrogens is 358 g/mol. The Balaban J connectivity index is 0.00000312. The third-order valence-electron chi connectivity index (χ3n) is 3.98. The van der Waals surface area contributed by atoms with E-state index in [1.54, 1.807) is 12.1 Å². The summed E-state index contributed by atoms with van der Waals surface area (Å²) in [6.07, 6.45) is 1.42. The van der Waals surface area contributed by atoms with Gasteiger partial charge in [0.15, 0.2) is 11.5 Å². The van der Waals surface area contributed by atoms with E-state index in [1.807, 2.05) is 0 Å². The van der Waals surface area contributed by atoms with Crippen molar-refractivity contribution in [3.8, 4) is 11.5 Å². The van der Waals surface area contributed by atoms with Gasteiger partial charge in [0.2, 0.25) is 5.91 Å². The van der Waals surface area contributed by atoms with Gasteiger partial charge in [-0.05, 0) is 37.0 Å². The molecule has 0 saturated carbocycles. The van der Waals surface area contributed by atoms with Crippen molar-refractivity contribution in [3.05, 3.63) is 23.8 Å². The normalized spacial score (nSPS) is 16.0. The number of nitrogens with two attached hydrogens (primary N) is 1. The van der Waals surface area contributed by atoms with Crippen LogP contribution in [0.25, 0.3) is 0 Å². The largest absolute Gasteiger partial charge is 0.493 e. The SMILES string of the molecule is COc1ccc(CCNC(=O)C2(N)CCOCC2)cc1OC(F)F.Cl. The number of ether oxygens (including phenoxy) is 3. The third-order valence-corrected chi connectivity index (χ3v) is 3.98. The molecule has 0 atom stereocenters. The molecule has 0 aliphatic carbocycles. The molecular formula is C16H23ClF2N2O4. The molecule has 1 aromatic rings. The van der Waals surface area contributed by atoms with Crippen LogP contribution in [0.15, 0.2) is 18.2 Å². The van der Waals surface area contributed by atoms with E-state index < -0.39 is 12.2 Å². The standard InChI is InChI=1S/C16H22F2N2O4.ClH/c1-22-12-3-2-11(10-13(12)24-15(17)18)4-7-20-14(21)16(19)5-8-23-9-6-16;/h2-3,10,15H,4-9,19H2,1H3,(H,20,21);1H. The summed E-state index contributed by atoms with van der Waals surface area (Å²) in [7, 11) is 1.38. The molecule has 1 saturated heterocycles. The predicted molar refractivity (Wildman–Crippen MR) is 90.6 cm³/mol. The van der Waals surface area contributed by atoms with Gasteiger partial charge < -0.3 is 25.3 Å². The van der Waals surface area contributed by atoms with Crippen LogP contribution in [0.5, 0.6) is 11.5 Å². The number of carbonyl (C=O) groups excluding carboxylic acids is 1. The van der Waals surface area contributed by atoms with Crippen molar-refractivity contribution in [2.24, 2.45) is 5.73 Å². The highest BCUT2D eigenvalue weighted by atomic mass is 35.5. The number of methoxy groups -OCH3 is 1. The number of alkyl halides is 2. The zero-order valence-corrected chi connectivity index (χ0v) is 14.7. The maximum absolute atomic E-state index is 12.4. The number of carbonyl (C=O) groups is 1. The molecule has 1 heterocycles. The van der Waals surface area contributed by atoms with Gasteiger partial charge in [-0.3, -0.25) is 4.79 Å². The first-order valence-electron chi connectivity index (χ1n) is 7.71. The van der Waals surface area contributed by atoms with E-state index in [2.05, 4.69) is 10.1 Å². The summed E-state index contributed by atoms with van der Waals surface area (Å²) in [5, 5.41) is 2.79. The van der Waals surface area contributed by atoms with Gasteiger partial charge in [0.25, 0.3) is 0 Å². The van der Waals surface area contributed by atoms with Crippen molar-refractivity contribution in [2.45, 2.75) is 31.4 Å². The van der Waals surface area contributed by atoms with E-state index in [9.17, 15) is 13.6 Å². The molecule has 3 N–H and O–H groups in total. The number of nitrogens with one attached hydrogen (secondary N) is 1. The highest BCUT2D eigenvalue weighted by Gasteiger charge is 2.35. The lowest BCUT2D eigenvalue weighted by atomic mass is 9.90. The molecule has 142 valence electrons. The monoisotopic (exact) mass is 380 g/mol. The van der Waals surface area contributed by atoms with Gasteiger partial charge in [-0.1, -0.05) is 6.07 Å². The van der Waals surface area contributed by atoms with E-state index in [1.165, 1.54) is 13.2 Å². The lowest BCUT2D eigenvalue weighted by Gasteiger charge is -2.31. The Kier molecular flexibility index (Phi) is 8.34. The maximum atomic E-state index is 12.4. The maximum Gasteiger partial charge on any atom is 0.387 e. The van der Waals surface area contributed by atoms with Crippen LogP contribution in [0.1, 0.15) is 18.4 Å². The highest BCUT2D eigenvalue weighted by Crippen LogP contribution is 2.29. The summed E-state index contributed by atoms with van der Waals surface area (Å²) in [5.41, 5.74) is 5.93. The van der Waals surface area contributed by atoms with Gasteiger partial charge in [-0.15, -0.1) is 12.4 Å². The number of hydrogen-bond acceptors (Lipinski definition) is 5. The highest BCUT2D eigenvalue weighted by molar-refractivity contribution is 5.86. The van der Waals surface area contributed by atoms with Crippen LogP contribution in [0.2, 0.25) is 0 Å². The summed E-state index contributed by atoms with van der Waals surface area (Å²) >= 11 is 0. The molecule has 1 aliphatic heterocycles. The zero-order valence-electron chi connectivity index (χ0n) is 13.9. The molecule has 2 rings (SSSR count). The lowest BCUT2D eigenvalue weighted by molar-refractivity contribution is -0.129. The van der Waals surface area contributed by atoms with Gasteiger partial charge in [0, 0.05) is 19.8 Å². The van der Waals surface area contributed by atoms with Gasteiger partial charge in [0.05, 0.1) is 12.6 Å². The molecule has 25 heavy (non-hydrogen) atoms. The quantitative estimate of drug-likeness (QED) is 0.754. The van der Waals surface area contributed by atoms with E-state index in [4.69, 9.17) is 15.2 Å². The molecule has 9 heteroatoms. The molecule has 1 amide bonds. The van der Waals surface area contributed by atoms with Crippen molar-refractivity contribution in [3.63, 3.8) is 0 Å². The van der Waals surface area contributed by atoms with Gasteiger partial charge in [-0.2, -0.15) is 8.78 Å². The van der Waals surface area contributed by atoms with Crippen molar-refractivity contribution in [1.82, 2.24) is 5.32 Å². The number of amides is 1. The summed E-state index contributed by atoms with van der Waals surface area (Å²) < 4.78 is 39.5. The Morgan fingerprint density at radius 2 is 2.04 bits per heavy atom. The molecule has 6 nitrogen and oxygen atoms in total. The minimum absolute atomic E-state index is 0. The second-order valence-electron chi connectivity index (χ2n) is 5.64. The van der Waals surface area contributed by atoms with Gasteiger partial charge in [-0.25, -0.2) is 0 Å². The average molecular weight is 381 g/mol. The number of benzene rings is 1. The number of hydrogen-bond donors (Lipinski definition) is 2. The molecule has 0 aromatic heterocycles. The second kappa shape index (κ2) is 9.74. The summed E-state index contributed by atoms with van der Waals surface area (Å²) in [6.45, 7) is -1.65. The van der Waals surface area contributed by atoms with E-state index in [0.717, 1.165) is 5.56 Å². The van der Waals surface area contributed by atoms with Crippen LogP contribution in [0.4, 0.5) is 8.78 Å². The fourth-order valence-electron chi connectivity index (χ4n) is 2.52. The molecule has 1 aliphatic rings. The Labute approximate surface area is 151 Å². The van der Waals surface area contributed by atoms with Crippen LogP contribution in [-0.2, 0) is 16.0 Å². The fraction of sp³-hybridized carbons (Fsp3) is 0.562. The minimum atomic E-state index is -2.93. The predicted octanol–water partition coefficient (Wildman–Crippen LogP) is 1.89. The third kappa shape index (κ3) is 5.98. The first kappa shape index (κ1) is 21.4. The first-order chi connectivity index (χ1) is 11.4. The summed E-state index contributed by atoms with van der Waals surface area (Å²) in [4.78, 5) is 12.2. The molecule has 0 bridgehead atoms. The number of rotatable bonds is 7. The van der Waals surface area contributed by atoms with Crippen molar-refractivity contribution >= 4 is 18.3 Å². The van der Waals surface area contributed by atoms with E-state index in [0.29, 0.717) is 39.0 Å². The molecule has 1 aromatic carbocycles. The average Bonchev–Trinajstić information content (AvgIpc) is 2.55. The first-order valence-corrected chi connectivity index (χ1v) is 7.71. The van der Waals surface area contributed by atoms with Crippen molar-refractivity contribution in [1.29, 1.82) is 0 Å². The van der Waals surface area contributed by atoms with Crippen molar-refractivity contribution in [2.75, 3.05) is 26.9 Å². The zero-order chi connectivity index (χ0) is 17.6. The van der Waals surface area contributed by atoms with E-state index in [-0.39, 0.29) is 29.8 Å². The van der Waals surface area contributed by atoms with Crippen LogP contribution in [0, 0.1) is 0 Å². The second-order valence-corrected chi connectivity index (χ2v) is 5.64. The summed E-state index contributed by atoms with van der Waals surface area (Å²) in [5.74, 6) is -0.0226. The Morgan fingerprint density at radius 3 is 2.64 bits per heavy atom. The lowest BCUT2D eigenvalue weighted by Crippen LogP contribution is -2.57. The van der Waals surface area contributed by atoms with Crippen LogP contribution < -0.4 is 20.5 Å². The van der Waals surface area contributed by atoms with Crippen LogP contribution in [0.3, 0.4) is 0 Å². The molecule has 1 fully saturated rings. The topological polar surface area (TPSA) is 82.8 Å². The fourth-order valence-corrected chi connectivity index (χ4v) is 2.52. The summed E-state index contributed by atoms with van der Waals surface area (Å²) in [6, 6.07) is 4.76. The Hall–Kier alpha value is -1.64. The number of halogens is 3. The van der Waals surface area contributed by atoms with Gasteiger partial charge >= 0.3 is 6.61 Å². The molecule has 0 radical (unpaired) electrons.